The topological polar surface area (TPSA) is 182 Å². The minimum absolute atomic E-state index is 0.108. The molecule has 0 saturated carbocycles. The molecule has 0 spiro atoms. The second-order valence-corrected chi connectivity index (χ2v) is 15.2. The average molecular weight is 811 g/mol. The van der Waals surface area contributed by atoms with E-state index < -0.39 is 65.9 Å². The van der Waals surface area contributed by atoms with Crippen molar-refractivity contribution >= 4 is 59.0 Å². The zero-order valence-corrected chi connectivity index (χ0v) is 32.5. The van der Waals surface area contributed by atoms with Crippen molar-refractivity contribution in [3.8, 4) is 17.2 Å². The zero-order chi connectivity index (χ0) is 37.9. The molecule has 3 amide bonds. The van der Waals surface area contributed by atoms with Crippen molar-refractivity contribution in [3.05, 3.63) is 45.0 Å². The number of aliphatic carboxylic acids is 1. The van der Waals surface area contributed by atoms with Gasteiger partial charge >= 0.3 is 19.2 Å². The van der Waals surface area contributed by atoms with Gasteiger partial charge in [0.2, 0.25) is 11.8 Å². The van der Waals surface area contributed by atoms with Gasteiger partial charge in [0.1, 0.15) is 29.5 Å². The summed E-state index contributed by atoms with van der Waals surface area (Å²) in [5, 5.41) is 25.9. The molecule has 3 atom stereocenters. The Morgan fingerprint density at radius 3 is 2.08 bits per heavy atom. The third kappa shape index (κ3) is 9.51. The van der Waals surface area contributed by atoms with Crippen LogP contribution in [0.4, 0.5) is 4.79 Å². The number of likely N-dealkylation sites (N-methyl/N-ethyl adjacent to an activating group) is 1. The number of hydrogen-bond acceptors (Lipinski definition) is 10. The van der Waals surface area contributed by atoms with E-state index in [1.165, 1.54) is 34.3 Å². The van der Waals surface area contributed by atoms with Crippen LogP contribution in [0.5, 0.6) is 17.2 Å². The van der Waals surface area contributed by atoms with Gasteiger partial charge in [-0.05, 0) is 107 Å². The summed E-state index contributed by atoms with van der Waals surface area (Å²) >= 11 is 2.04. The average Bonchev–Trinajstić information content (AvgIpc) is 3.21. The standard InChI is InChI=1S/C34H47BIN3O11/c1-18(37-29(42)26(39(9)31(45)48-32(2,3)4)20-12-13-25(46-10)22(36)17-20)28(41)38-23(30(43)44)15-19-14-21(27(47-11)24(40)16-19)35-49-33(5,6)34(7,8)50-35/h12-14,16-18,23,26,40H,15H2,1-11H3,(H,37,42)(H,38,41)(H,43,44)/t18-,23-,26-/m0/s1. The molecule has 0 aliphatic carbocycles. The largest absolute Gasteiger partial charge is 0.504 e. The lowest BCUT2D eigenvalue weighted by atomic mass is 9.77. The number of phenolic OH excluding ortho intramolecular Hbond substituents is 1. The van der Waals surface area contributed by atoms with E-state index in [0.717, 1.165) is 4.90 Å². The maximum atomic E-state index is 13.7. The van der Waals surface area contributed by atoms with Gasteiger partial charge in [-0.2, -0.15) is 0 Å². The van der Waals surface area contributed by atoms with Gasteiger partial charge in [0, 0.05) is 18.9 Å². The van der Waals surface area contributed by atoms with Crippen molar-refractivity contribution in [1.29, 1.82) is 0 Å². The normalized spacial score (nSPS) is 16.8. The highest BCUT2D eigenvalue weighted by Gasteiger charge is 2.53. The van der Waals surface area contributed by atoms with E-state index in [1.54, 1.807) is 45.0 Å². The Bertz CT molecular complexity index is 1600. The summed E-state index contributed by atoms with van der Waals surface area (Å²) in [7, 11) is 3.37. The summed E-state index contributed by atoms with van der Waals surface area (Å²) in [6.45, 7) is 14.0. The first kappa shape index (κ1) is 40.7. The number of carboxylic acids is 1. The zero-order valence-electron chi connectivity index (χ0n) is 30.3. The Morgan fingerprint density at radius 2 is 1.58 bits per heavy atom. The van der Waals surface area contributed by atoms with Gasteiger partial charge in [0.25, 0.3) is 0 Å². The van der Waals surface area contributed by atoms with Crippen molar-refractivity contribution in [1.82, 2.24) is 15.5 Å². The fourth-order valence-electron chi connectivity index (χ4n) is 5.11. The first-order valence-corrected chi connectivity index (χ1v) is 17.0. The van der Waals surface area contributed by atoms with E-state index in [2.05, 4.69) is 10.6 Å². The number of rotatable bonds is 12. The molecule has 16 heteroatoms. The number of nitrogens with one attached hydrogen (secondary N) is 2. The van der Waals surface area contributed by atoms with Crippen LogP contribution in [0.3, 0.4) is 0 Å². The number of benzene rings is 2. The molecule has 2 aromatic carbocycles. The highest BCUT2D eigenvalue weighted by Crippen LogP contribution is 2.38. The molecule has 1 heterocycles. The predicted molar refractivity (Wildman–Crippen MR) is 194 cm³/mol. The monoisotopic (exact) mass is 811 g/mol. The van der Waals surface area contributed by atoms with Gasteiger partial charge in [0.15, 0.2) is 11.5 Å². The molecule has 1 fully saturated rings. The lowest BCUT2D eigenvalue weighted by Crippen LogP contribution is -2.53. The lowest BCUT2D eigenvalue weighted by Gasteiger charge is -2.32. The number of amides is 3. The molecule has 50 heavy (non-hydrogen) atoms. The third-order valence-corrected chi connectivity index (χ3v) is 9.33. The van der Waals surface area contributed by atoms with Gasteiger partial charge < -0.3 is 44.4 Å². The molecule has 1 aliphatic rings. The SMILES string of the molecule is COc1ccc([C@@H](C(=O)N[C@@H](C)C(=O)N[C@@H](Cc2cc(O)c(OC)c(B3OC(C)(C)C(C)(C)O3)c2)C(=O)O)N(C)C(=O)OC(C)(C)C)cc1I. The smallest absolute Gasteiger partial charge is 0.498 e. The number of ether oxygens (including phenoxy) is 3. The fraction of sp³-hybridized carbons (Fsp3) is 0.529. The number of hydrogen-bond donors (Lipinski definition) is 4. The Morgan fingerprint density at radius 1 is 0.980 bits per heavy atom. The summed E-state index contributed by atoms with van der Waals surface area (Å²) < 4.78 is 29.2. The number of methoxy groups -OCH3 is 2. The van der Waals surface area contributed by atoms with Crippen LogP contribution in [-0.4, -0.2) is 96.3 Å². The van der Waals surface area contributed by atoms with Gasteiger partial charge in [-0.1, -0.05) is 12.1 Å². The Labute approximate surface area is 306 Å². The molecule has 2 aromatic rings. The van der Waals surface area contributed by atoms with Crippen LogP contribution in [0.25, 0.3) is 0 Å². The number of phenols is 1. The molecule has 0 radical (unpaired) electrons. The first-order chi connectivity index (χ1) is 23.0. The fourth-order valence-corrected chi connectivity index (χ4v) is 5.87. The van der Waals surface area contributed by atoms with E-state index in [4.69, 9.17) is 23.5 Å². The van der Waals surface area contributed by atoms with Gasteiger partial charge in [-0.3, -0.25) is 14.5 Å². The number of carboxylic acid groups (broad SMARTS) is 1. The number of nitrogens with zero attached hydrogens (tertiary/aromatic N) is 1. The van der Waals surface area contributed by atoms with E-state index >= 15 is 0 Å². The van der Waals surface area contributed by atoms with E-state index in [1.807, 2.05) is 50.3 Å². The van der Waals surface area contributed by atoms with Gasteiger partial charge in [-0.15, -0.1) is 0 Å². The lowest BCUT2D eigenvalue weighted by molar-refractivity contribution is -0.142. The van der Waals surface area contributed by atoms with Crippen LogP contribution in [0.2, 0.25) is 0 Å². The predicted octanol–water partition coefficient (Wildman–Crippen LogP) is 3.54. The number of carbonyl (C=O) groups excluding carboxylic acids is 3. The quantitative estimate of drug-likeness (QED) is 0.182. The highest BCUT2D eigenvalue weighted by molar-refractivity contribution is 14.1. The van der Waals surface area contributed by atoms with Crippen molar-refractivity contribution in [2.24, 2.45) is 0 Å². The van der Waals surface area contributed by atoms with E-state index in [-0.39, 0.29) is 17.9 Å². The molecule has 0 unspecified atom stereocenters. The van der Waals surface area contributed by atoms with Crippen LogP contribution in [-0.2, 0) is 34.9 Å². The van der Waals surface area contributed by atoms with Crippen LogP contribution < -0.4 is 25.6 Å². The van der Waals surface area contributed by atoms with E-state index in [0.29, 0.717) is 25.9 Å². The maximum absolute atomic E-state index is 13.7. The van der Waals surface area contributed by atoms with Crippen LogP contribution >= 0.6 is 22.6 Å². The molecule has 4 N–H and O–H groups in total. The molecular formula is C34H47BIN3O11. The molecule has 0 aromatic heterocycles. The molecule has 1 saturated heterocycles. The summed E-state index contributed by atoms with van der Waals surface area (Å²) in [4.78, 5) is 53.6. The van der Waals surface area contributed by atoms with Gasteiger partial charge in [-0.25, -0.2) is 9.59 Å². The second kappa shape index (κ2) is 15.6. The van der Waals surface area contributed by atoms with Crippen LogP contribution in [0.15, 0.2) is 30.3 Å². The van der Waals surface area contributed by atoms with Crippen LogP contribution in [0.1, 0.15) is 72.6 Å². The molecule has 0 bridgehead atoms. The summed E-state index contributed by atoms with van der Waals surface area (Å²) in [6, 6.07) is 4.01. The summed E-state index contributed by atoms with van der Waals surface area (Å²) in [5.74, 6) is -2.44. The maximum Gasteiger partial charge on any atom is 0.498 e. The first-order valence-electron chi connectivity index (χ1n) is 15.9. The molecule has 14 nitrogen and oxygen atoms in total. The Balaban J connectivity index is 1.84. The van der Waals surface area contributed by atoms with Crippen LogP contribution in [0, 0.1) is 3.57 Å². The van der Waals surface area contributed by atoms with E-state index in [9.17, 15) is 29.4 Å². The number of aromatic hydroxyl groups is 1. The number of carbonyl (C=O) groups is 4. The molecule has 3 rings (SSSR count). The van der Waals surface area contributed by atoms with Crippen molar-refractivity contribution < 1.29 is 52.9 Å². The summed E-state index contributed by atoms with van der Waals surface area (Å²) in [6.07, 6.45) is -1.01. The Kier molecular flexibility index (Phi) is 12.7. The molecular weight excluding hydrogens is 764 g/mol. The van der Waals surface area contributed by atoms with Crippen molar-refractivity contribution in [2.45, 2.75) is 96.7 Å². The second-order valence-electron chi connectivity index (χ2n) is 14.0. The van der Waals surface area contributed by atoms with Crippen molar-refractivity contribution in [2.75, 3.05) is 21.3 Å². The number of halogens is 1. The Hall–Kier alpha value is -3.77. The minimum Gasteiger partial charge on any atom is -0.504 e. The molecule has 274 valence electrons. The third-order valence-electron chi connectivity index (χ3n) is 8.48. The van der Waals surface area contributed by atoms with Crippen molar-refractivity contribution in [3.63, 3.8) is 0 Å². The highest BCUT2D eigenvalue weighted by atomic mass is 127. The molecule has 1 aliphatic heterocycles. The van der Waals surface area contributed by atoms with Gasteiger partial charge in [0.05, 0.1) is 29.0 Å². The minimum atomic E-state index is -1.45. The summed E-state index contributed by atoms with van der Waals surface area (Å²) in [5.41, 5.74) is -1.10.